The van der Waals surface area contributed by atoms with Gasteiger partial charge in [-0.3, -0.25) is 9.59 Å². The fourth-order valence-electron chi connectivity index (χ4n) is 3.10. The molecule has 0 aromatic heterocycles. The van der Waals surface area contributed by atoms with Crippen LogP contribution in [0.3, 0.4) is 0 Å². The van der Waals surface area contributed by atoms with Crippen molar-refractivity contribution < 1.29 is 24.2 Å². The largest absolute Gasteiger partial charge is 0.506 e. The number of hydrogen-bond donors (Lipinski definition) is 3. The van der Waals surface area contributed by atoms with E-state index < -0.39 is 5.91 Å². The number of benzene rings is 3. The predicted molar refractivity (Wildman–Crippen MR) is 112 cm³/mol. The van der Waals surface area contributed by atoms with Gasteiger partial charge < -0.3 is 19.9 Å². The minimum atomic E-state index is -0.561. The summed E-state index contributed by atoms with van der Waals surface area (Å²) in [5.41, 5.74) is 3.46. The number of anilines is 1. The molecule has 152 valence electrons. The van der Waals surface area contributed by atoms with E-state index >= 15 is 0 Å². The van der Waals surface area contributed by atoms with Crippen LogP contribution in [0.5, 0.6) is 17.2 Å². The van der Waals surface area contributed by atoms with Gasteiger partial charge in [0.05, 0.1) is 12.0 Å². The van der Waals surface area contributed by atoms with Gasteiger partial charge in [-0.25, -0.2) is 5.43 Å². The van der Waals surface area contributed by atoms with E-state index in [-0.39, 0.29) is 30.4 Å². The summed E-state index contributed by atoms with van der Waals surface area (Å²) in [6.45, 7) is 1.78. The molecule has 8 nitrogen and oxygen atoms in total. The lowest BCUT2D eigenvalue weighted by Gasteiger charge is -2.08. The Morgan fingerprint density at radius 2 is 1.87 bits per heavy atom. The molecule has 3 N–H and O–H groups in total. The summed E-state index contributed by atoms with van der Waals surface area (Å²) in [5.74, 6) is 0.233. The Morgan fingerprint density at radius 3 is 2.73 bits per heavy atom. The number of nitrogens with one attached hydrogen (secondary N) is 2. The van der Waals surface area contributed by atoms with Crippen LogP contribution in [-0.2, 0) is 4.79 Å². The smallest absolute Gasteiger partial charge is 0.275 e. The molecule has 2 amide bonds. The van der Waals surface area contributed by atoms with Crippen LogP contribution in [-0.4, -0.2) is 29.4 Å². The van der Waals surface area contributed by atoms with E-state index in [1.807, 2.05) is 12.1 Å². The molecule has 0 saturated carbocycles. The molecule has 0 aliphatic carbocycles. The zero-order chi connectivity index (χ0) is 21.1. The van der Waals surface area contributed by atoms with Crippen LogP contribution < -0.4 is 20.2 Å². The van der Waals surface area contributed by atoms with Crippen molar-refractivity contribution in [3.05, 3.63) is 60.2 Å². The first-order valence-electron chi connectivity index (χ1n) is 9.25. The highest BCUT2D eigenvalue weighted by atomic mass is 16.7. The van der Waals surface area contributed by atoms with Crippen molar-refractivity contribution in [3.63, 3.8) is 0 Å². The fraction of sp³-hybridized carbons (Fsp3) is 0.136. The van der Waals surface area contributed by atoms with Gasteiger partial charge >= 0.3 is 0 Å². The zero-order valence-electron chi connectivity index (χ0n) is 16.1. The number of hydrazone groups is 1. The Kier molecular flexibility index (Phi) is 5.21. The van der Waals surface area contributed by atoms with Gasteiger partial charge in [0.25, 0.3) is 5.91 Å². The van der Waals surface area contributed by atoms with Crippen LogP contribution in [0.1, 0.15) is 23.7 Å². The van der Waals surface area contributed by atoms with E-state index in [1.165, 1.54) is 6.07 Å². The maximum Gasteiger partial charge on any atom is 0.275 e. The predicted octanol–water partition coefficient (Wildman–Crippen LogP) is 3.41. The Hall–Kier alpha value is -4.07. The molecular formula is C22H19N3O5. The van der Waals surface area contributed by atoms with Crippen molar-refractivity contribution in [2.24, 2.45) is 5.10 Å². The summed E-state index contributed by atoms with van der Waals surface area (Å²) in [5, 5.41) is 18.5. The number of carbonyl (C=O) groups excluding carboxylic acids is 2. The first-order valence-corrected chi connectivity index (χ1v) is 9.25. The summed E-state index contributed by atoms with van der Waals surface area (Å²) < 4.78 is 10.5. The van der Waals surface area contributed by atoms with E-state index in [1.54, 1.807) is 43.3 Å². The molecule has 1 aliphatic heterocycles. The Morgan fingerprint density at radius 1 is 1.07 bits per heavy atom. The normalized spacial score (nSPS) is 12.6. The third-order valence-corrected chi connectivity index (χ3v) is 4.57. The molecule has 0 radical (unpaired) electrons. The number of amides is 2. The van der Waals surface area contributed by atoms with E-state index in [9.17, 15) is 14.7 Å². The van der Waals surface area contributed by atoms with E-state index in [2.05, 4.69) is 15.8 Å². The second kappa shape index (κ2) is 8.12. The van der Waals surface area contributed by atoms with Gasteiger partial charge in [0.1, 0.15) is 5.75 Å². The lowest BCUT2D eigenvalue weighted by molar-refractivity contribution is -0.115. The molecule has 4 rings (SSSR count). The number of rotatable bonds is 5. The van der Waals surface area contributed by atoms with Gasteiger partial charge in [0.2, 0.25) is 12.7 Å². The molecule has 30 heavy (non-hydrogen) atoms. The van der Waals surface area contributed by atoms with Gasteiger partial charge in [-0.15, -0.1) is 0 Å². The van der Waals surface area contributed by atoms with Crippen molar-refractivity contribution >= 4 is 34.0 Å². The zero-order valence-corrected chi connectivity index (χ0v) is 16.1. The number of ether oxygens (including phenoxy) is 2. The number of carbonyl (C=O) groups is 2. The molecule has 1 heterocycles. The maximum atomic E-state index is 12.4. The second-order valence-electron chi connectivity index (χ2n) is 6.76. The van der Waals surface area contributed by atoms with Crippen LogP contribution in [0.4, 0.5) is 5.69 Å². The maximum absolute atomic E-state index is 12.4. The van der Waals surface area contributed by atoms with E-state index in [0.29, 0.717) is 28.3 Å². The van der Waals surface area contributed by atoms with Gasteiger partial charge in [0, 0.05) is 22.9 Å². The Bertz CT molecular complexity index is 1170. The summed E-state index contributed by atoms with van der Waals surface area (Å²) >= 11 is 0. The van der Waals surface area contributed by atoms with Crippen molar-refractivity contribution in [2.45, 2.75) is 13.3 Å². The highest BCUT2D eigenvalue weighted by molar-refractivity contribution is 6.07. The Balaban J connectivity index is 1.37. The number of phenolic OH excluding ortho intramolecular Hbond substituents is 1. The lowest BCUT2D eigenvalue weighted by Crippen LogP contribution is -2.21. The first kappa shape index (κ1) is 19.3. The molecule has 3 aromatic carbocycles. The van der Waals surface area contributed by atoms with Crippen molar-refractivity contribution in [1.29, 1.82) is 0 Å². The van der Waals surface area contributed by atoms with Crippen LogP contribution in [0.25, 0.3) is 10.8 Å². The highest BCUT2D eigenvalue weighted by Crippen LogP contribution is 2.34. The van der Waals surface area contributed by atoms with Crippen LogP contribution >= 0.6 is 0 Å². The molecule has 0 saturated heterocycles. The number of fused-ring (bicyclic) bond motifs is 2. The molecule has 1 aliphatic rings. The number of hydrogen-bond acceptors (Lipinski definition) is 6. The Labute approximate surface area is 172 Å². The third-order valence-electron chi connectivity index (χ3n) is 4.57. The van der Waals surface area contributed by atoms with Gasteiger partial charge in [-0.1, -0.05) is 30.3 Å². The minimum absolute atomic E-state index is 0.0155. The summed E-state index contributed by atoms with van der Waals surface area (Å²) in [6, 6.07) is 15.6. The molecule has 0 fully saturated rings. The molecular weight excluding hydrogens is 386 g/mol. The molecule has 0 bridgehead atoms. The molecule has 0 atom stereocenters. The summed E-state index contributed by atoms with van der Waals surface area (Å²) in [7, 11) is 0. The quantitative estimate of drug-likeness (QED) is 0.445. The number of aromatic hydroxyl groups is 1. The molecule has 3 aromatic rings. The molecule has 0 spiro atoms. The average Bonchev–Trinajstić information content (AvgIpc) is 3.20. The van der Waals surface area contributed by atoms with Gasteiger partial charge in [-0.05, 0) is 30.5 Å². The summed E-state index contributed by atoms with van der Waals surface area (Å²) in [6.07, 6.45) is -0.0155. The number of nitrogens with zero attached hydrogens (tertiary/aromatic N) is 1. The van der Waals surface area contributed by atoms with Crippen LogP contribution in [0.15, 0.2) is 59.7 Å². The minimum Gasteiger partial charge on any atom is -0.506 e. The van der Waals surface area contributed by atoms with Gasteiger partial charge in [0.15, 0.2) is 11.5 Å². The SMILES string of the molecule is C/C(CC(=O)Nc1ccc2c(c1)OCO2)=N\NC(=O)c1ccc2ccccc2c1O. The first-order chi connectivity index (χ1) is 14.5. The standard InChI is InChI=1S/C22H19N3O5/c1-13(10-20(26)23-15-7-9-18-19(11-15)30-12-29-18)24-25-22(28)17-8-6-14-4-2-3-5-16(14)21(17)27/h2-9,11,27H,10,12H2,1H3,(H,23,26)(H,25,28)/b24-13+. The molecule has 8 heteroatoms. The van der Waals surface area contributed by atoms with Gasteiger partial charge in [-0.2, -0.15) is 5.10 Å². The third kappa shape index (κ3) is 4.02. The van der Waals surface area contributed by atoms with Crippen molar-refractivity contribution in [2.75, 3.05) is 12.1 Å². The second-order valence-corrected chi connectivity index (χ2v) is 6.76. The number of phenols is 1. The molecule has 0 unspecified atom stereocenters. The van der Waals surface area contributed by atoms with Crippen molar-refractivity contribution in [1.82, 2.24) is 5.43 Å². The average molecular weight is 405 g/mol. The van der Waals surface area contributed by atoms with E-state index in [0.717, 1.165) is 5.39 Å². The lowest BCUT2D eigenvalue weighted by atomic mass is 10.1. The monoisotopic (exact) mass is 405 g/mol. The van der Waals surface area contributed by atoms with Crippen LogP contribution in [0.2, 0.25) is 0 Å². The fourth-order valence-corrected chi connectivity index (χ4v) is 3.10. The van der Waals surface area contributed by atoms with Crippen molar-refractivity contribution in [3.8, 4) is 17.2 Å². The topological polar surface area (TPSA) is 109 Å². The summed E-state index contributed by atoms with van der Waals surface area (Å²) in [4.78, 5) is 24.6. The van der Waals surface area contributed by atoms with Crippen LogP contribution in [0, 0.1) is 0 Å². The highest BCUT2D eigenvalue weighted by Gasteiger charge is 2.15. The van der Waals surface area contributed by atoms with E-state index in [4.69, 9.17) is 9.47 Å².